The number of nitrogens with zero attached hydrogens (tertiary/aromatic N) is 2. The standard InChI is InChI=1S/C32H34FN3O8/c1-16-24(44-31(40)43-16)15-42-30(39)19-11-18(12-19)29(38)36-10-8-23-21(5-6-25(35-23)41-4)27(36)28(37)34-20-13-17-7-9-32(2,3)26(17)22(33)14-20/h5-6,13-14,18-19,27H,7-12,15H2,1-4H3,(H,34,37)/t18-,19+,27-/m1/s1. The number of carbonyl (C=O) groups excluding carboxylic acids is 3. The second kappa shape index (κ2) is 11.2. The average molecular weight is 608 g/mol. The zero-order valence-electron chi connectivity index (χ0n) is 25.0. The molecule has 1 aliphatic heterocycles. The van der Waals surface area contributed by atoms with E-state index in [1.807, 2.05) is 19.9 Å². The third-order valence-corrected chi connectivity index (χ3v) is 9.06. The van der Waals surface area contributed by atoms with Crippen LogP contribution in [-0.4, -0.2) is 41.3 Å². The number of nitrogens with one attached hydrogen (secondary N) is 1. The number of esters is 1. The van der Waals surface area contributed by atoms with Gasteiger partial charge in [-0.1, -0.05) is 13.8 Å². The third kappa shape index (κ3) is 5.37. The number of hydrogen-bond acceptors (Lipinski definition) is 9. The number of benzene rings is 1. The molecule has 44 heavy (non-hydrogen) atoms. The highest BCUT2D eigenvalue weighted by Gasteiger charge is 2.46. The van der Waals surface area contributed by atoms with E-state index in [4.69, 9.17) is 18.3 Å². The van der Waals surface area contributed by atoms with E-state index in [1.165, 1.54) is 25.0 Å². The lowest BCUT2D eigenvalue weighted by atomic mass is 9.73. The summed E-state index contributed by atoms with van der Waals surface area (Å²) in [6, 6.07) is 5.52. The molecular formula is C32H34FN3O8. The monoisotopic (exact) mass is 607 g/mol. The number of aryl methyl sites for hydroxylation is 2. The molecule has 0 radical (unpaired) electrons. The fourth-order valence-electron chi connectivity index (χ4n) is 6.58. The summed E-state index contributed by atoms with van der Waals surface area (Å²) in [6.45, 7) is 5.54. The molecule has 2 amide bonds. The molecule has 3 aromatic rings. The van der Waals surface area contributed by atoms with Crippen LogP contribution in [0.1, 0.15) is 73.1 Å². The smallest absolute Gasteiger partial charge is 0.481 e. The van der Waals surface area contributed by atoms with Crippen LogP contribution in [0.15, 0.2) is 37.9 Å². The van der Waals surface area contributed by atoms with Gasteiger partial charge in [0.05, 0.1) is 18.7 Å². The van der Waals surface area contributed by atoms with E-state index in [2.05, 4.69) is 10.3 Å². The quantitative estimate of drug-likeness (QED) is 0.392. The number of fused-ring (bicyclic) bond motifs is 2. The molecule has 3 aliphatic rings. The van der Waals surface area contributed by atoms with Crippen molar-refractivity contribution >= 4 is 23.5 Å². The van der Waals surface area contributed by atoms with Crippen molar-refractivity contribution in [1.29, 1.82) is 0 Å². The van der Waals surface area contributed by atoms with Crippen LogP contribution >= 0.6 is 0 Å². The Morgan fingerprint density at radius 3 is 2.61 bits per heavy atom. The van der Waals surface area contributed by atoms with Gasteiger partial charge in [-0.05, 0) is 67.3 Å². The summed E-state index contributed by atoms with van der Waals surface area (Å²) in [5.74, 6) is -2.69. The van der Waals surface area contributed by atoms with Crippen LogP contribution in [0.3, 0.4) is 0 Å². The van der Waals surface area contributed by atoms with Gasteiger partial charge >= 0.3 is 11.8 Å². The second-order valence-corrected chi connectivity index (χ2v) is 12.3. The number of anilines is 1. The summed E-state index contributed by atoms with van der Waals surface area (Å²) in [5, 5.41) is 2.86. The molecule has 2 aromatic heterocycles. The molecule has 6 rings (SSSR count). The lowest BCUT2D eigenvalue weighted by molar-refractivity contribution is -0.159. The number of amides is 2. The van der Waals surface area contributed by atoms with Crippen molar-refractivity contribution in [3.63, 3.8) is 0 Å². The Kier molecular flexibility index (Phi) is 7.54. The SMILES string of the molecule is COc1ccc2c(n1)CCN(C(=O)[C@H]1C[C@@H](C(=O)OCc3oc(=O)oc3C)C1)[C@H]2C(=O)Nc1cc(F)c2c(c1)CCC2(C)C. The van der Waals surface area contributed by atoms with Gasteiger partial charge in [0.25, 0.3) is 5.91 Å². The van der Waals surface area contributed by atoms with Crippen molar-refractivity contribution < 1.29 is 37.1 Å². The first kappa shape index (κ1) is 29.6. The maximum atomic E-state index is 15.2. The average Bonchev–Trinajstić information content (AvgIpc) is 3.45. The predicted molar refractivity (Wildman–Crippen MR) is 153 cm³/mol. The van der Waals surface area contributed by atoms with Gasteiger partial charge in [0.2, 0.25) is 11.8 Å². The van der Waals surface area contributed by atoms with Crippen LogP contribution in [0.5, 0.6) is 5.88 Å². The molecule has 3 heterocycles. The highest BCUT2D eigenvalue weighted by atomic mass is 19.1. The summed E-state index contributed by atoms with van der Waals surface area (Å²) < 4.78 is 35.4. The van der Waals surface area contributed by atoms with E-state index in [-0.39, 0.29) is 54.7 Å². The minimum absolute atomic E-state index is 0.133. The molecule has 0 saturated heterocycles. The van der Waals surface area contributed by atoms with Crippen molar-refractivity contribution in [2.24, 2.45) is 11.8 Å². The number of ether oxygens (including phenoxy) is 2. The molecule has 1 N–H and O–H groups in total. The first-order valence-electron chi connectivity index (χ1n) is 14.7. The van der Waals surface area contributed by atoms with E-state index >= 15 is 4.39 Å². The van der Waals surface area contributed by atoms with Crippen LogP contribution in [0.2, 0.25) is 0 Å². The normalized spacial score (nSPS) is 21.6. The van der Waals surface area contributed by atoms with Crippen LogP contribution in [0.25, 0.3) is 0 Å². The number of methoxy groups -OCH3 is 1. The van der Waals surface area contributed by atoms with E-state index in [9.17, 15) is 19.2 Å². The Balaban J connectivity index is 1.18. The molecule has 0 spiro atoms. The number of rotatable bonds is 7. The zero-order chi connectivity index (χ0) is 31.3. The molecule has 2 aliphatic carbocycles. The van der Waals surface area contributed by atoms with Gasteiger partial charge < -0.3 is 28.5 Å². The summed E-state index contributed by atoms with van der Waals surface area (Å²) >= 11 is 0. The molecule has 12 heteroatoms. The van der Waals surface area contributed by atoms with Crippen LogP contribution in [0.4, 0.5) is 10.1 Å². The van der Waals surface area contributed by atoms with Crippen LogP contribution in [0, 0.1) is 24.6 Å². The van der Waals surface area contributed by atoms with E-state index in [0.717, 1.165) is 12.0 Å². The summed E-state index contributed by atoms with van der Waals surface area (Å²) in [5.41, 5.74) is 2.81. The van der Waals surface area contributed by atoms with Gasteiger partial charge in [-0.15, -0.1) is 0 Å². The fourth-order valence-corrected chi connectivity index (χ4v) is 6.58. The summed E-state index contributed by atoms with van der Waals surface area (Å²) in [7, 11) is 1.51. The van der Waals surface area contributed by atoms with Crippen molar-refractivity contribution in [2.75, 3.05) is 19.0 Å². The molecular weight excluding hydrogens is 573 g/mol. The zero-order valence-corrected chi connectivity index (χ0v) is 25.0. The molecule has 232 valence electrons. The Morgan fingerprint density at radius 1 is 1.14 bits per heavy atom. The van der Waals surface area contributed by atoms with Crippen molar-refractivity contribution in [3.05, 3.63) is 74.6 Å². The summed E-state index contributed by atoms with van der Waals surface area (Å²) in [6.07, 6.45) is 2.47. The third-order valence-electron chi connectivity index (χ3n) is 9.06. The molecule has 1 fully saturated rings. The largest absolute Gasteiger partial charge is 0.519 e. The topological polar surface area (TPSA) is 141 Å². The summed E-state index contributed by atoms with van der Waals surface area (Å²) in [4.78, 5) is 57.5. The Hall–Kier alpha value is -4.48. The van der Waals surface area contributed by atoms with E-state index in [0.29, 0.717) is 41.2 Å². The van der Waals surface area contributed by atoms with Crippen molar-refractivity contribution in [1.82, 2.24) is 9.88 Å². The van der Waals surface area contributed by atoms with Gasteiger partial charge in [0.15, 0.2) is 18.1 Å². The molecule has 11 nitrogen and oxygen atoms in total. The second-order valence-electron chi connectivity index (χ2n) is 12.3. The number of aromatic nitrogens is 1. The maximum absolute atomic E-state index is 15.2. The van der Waals surface area contributed by atoms with Gasteiger partial charge in [-0.2, -0.15) is 0 Å². The Labute approximate surface area is 252 Å². The van der Waals surface area contributed by atoms with Gasteiger partial charge in [0.1, 0.15) is 11.9 Å². The maximum Gasteiger partial charge on any atom is 0.519 e. The molecule has 0 unspecified atom stereocenters. The lowest BCUT2D eigenvalue weighted by Gasteiger charge is -2.41. The fraction of sp³-hybridized carbons (Fsp3) is 0.469. The Morgan fingerprint density at radius 2 is 1.91 bits per heavy atom. The predicted octanol–water partition coefficient (Wildman–Crippen LogP) is 4.14. The van der Waals surface area contributed by atoms with Crippen LogP contribution in [-0.2, 0) is 44.0 Å². The van der Waals surface area contributed by atoms with E-state index in [1.54, 1.807) is 12.1 Å². The van der Waals surface area contributed by atoms with Crippen molar-refractivity contribution in [3.8, 4) is 5.88 Å². The number of halogens is 1. The number of hydrogen-bond donors (Lipinski definition) is 1. The number of pyridine rings is 1. The highest BCUT2D eigenvalue weighted by Crippen LogP contribution is 2.42. The molecule has 1 saturated carbocycles. The minimum Gasteiger partial charge on any atom is -0.481 e. The first-order chi connectivity index (χ1) is 20.9. The van der Waals surface area contributed by atoms with Gasteiger partial charge in [-0.25, -0.2) is 14.2 Å². The van der Waals surface area contributed by atoms with Gasteiger partial charge in [0, 0.05) is 36.2 Å². The molecule has 1 atom stereocenters. The minimum atomic E-state index is -1.00. The van der Waals surface area contributed by atoms with Crippen LogP contribution < -0.4 is 15.9 Å². The first-order valence-corrected chi connectivity index (χ1v) is 14.7. The lowest BCUT2D eigenvalue weighted by Crippen LogP contribution is -2.50. The highest BCUT2D eigenvalue weighted by molar-refractivity contribution is 5.99. The van der Waals surface area contributed by atoms with Gasteiger partial charge in [-0.3, -0.25) is 14.4 Å². The number of carbonyl (C=O) groups is 3. The Bertz CT molecular complexity index is 1700. The molecule has 1 aromatic carbocycles. The van der Waals surface area contributed by atoms with Crippen molar-refractivity contribution in [2.45, 2.75) is 70.9 Å². The van der Waals surface area contributed by atoms with E-state index < -0.39 is 35.6 Å². The molecule has 0 bridgehead atoms.